The van der Waals surface area contributed by atoms with Crippen LogP contribution in [-0.2, 0) is 0 Å². The van der Waals surface area contributed by atoms with Crippen molar-refractivity contribution in [1.29, 1.82) is 0 Å². The highest BCUT2D eigenvalue weighted by Crippen LogP contribution is 2.20. The summed E-state index contributed by atoms with van der Waals surface area (Å²) in [6.07, 6.45) is 3.53. The molecule has 0 fully saturated rings. The third-order valence-corrected chi connectivity index (χ3v) is 2.64. The molecule has 2 heterocycles. The first-order valence-electron chi connectivity index (χ1n) is 4.66. The molecule has 0 radical (unpaired) electrons. The van der Waals surface area contributed by atoms with E-state index in [9.17, 15) is 0 Å². The van der Waals surface area contributed by atoms with Gasteiger partial charge >= 0.3 is 0 Å². The van der Waals surface area contributed by atoms with E-state index in [-0.39, 0.29) is 0 Å². The Morgan fingerprint density at radius 2 is 1.87 bits per heavy atom. The van der Waals surface area contributed by atoms with E-state index in [4.69, 9.17) is 12.2 Å². The molecule has 2 rings (SSSR count). The van der Waals surface area contributed by atoms with Crippen LogP contribution in [0.2, 0.25) is 0 Å². The van der Waals surface area contributed by atoms with E-state index in [2.05, 4.69) is 15.0 Å². The van der Waals surface area contributed by atoms with Gasteiger partial charge in [-0.05, 0) is 26.0 Å². The Labute approximate surface area is 93.2 Å². The number of hydrogen-bond acceptors (Lipinski definition) is 3. The third-order valence-electron chi connectivity index (χ3n) is 2.24. The average molecular weight is 217 g/mol. The Balaban J connectivity index is 2.68. The molecular weight excluding hydrogens is 206 g/mol. The first kappa shape index (κ1) is 9.98. The number of aryl methyl sites for hydroxylation is 1. The number of hydrogen-bond donors (Lipinski definition) is 1. The number of nitrogens with zero attached hydrogens (tertiary/aromatic N) is 2. The van der Waals surface area contributed by atoms with E-state index < -0.39 is 0 Å². The lowest BCUT2D eigenvalue weighted by atomic mass is 10.1. The summed E-state index contributed by atoms with van der Waals surface area (Å²) in [7, 11) is 0. The van der Waals surface area contributed by atoms with Gasteiger partial charge in [0.2, 0.25) is 0 Å². The monoisotopic (exact) mass is 217 g/mol. The van der Waals surface area contributed by atoms with Crippen LogP contribution in [0.5, 0.6) is 0 Å². The number of H-pyrrole nitrogens is 1. The second-order valence-corrected chi connectivity index (χ2v) is 3.75. The Bertz CT molecular complexity index is 531. The van der Waals surface area contributed by atoms with E-state index in [1.165, 1.54) is 0 Å². The van der Waals surface area contributed by atoms with Crippen molar-refractivity contribution < 1.29 is 0 Å². The van der Waals surface area contributed by atoms with Gasteiger partial charge in [0.1, 0.15) is 10.5 Å². The zero-order chi connectivity index (χ0) is 10.8. The zero-order valence-corrected chi connectivity index (χ0v) is 9.43. The Morgan fingerprint density at radius 3 is 2.53 bits per heavy atom. The molecule has 0 amide bonds. The molecule has 0 aliphatic rings. The zero-order valence-electron chi connectivity index (χ0n) is 8.61. The highest BCUT2D eigenvalue weighted by Gasteiger charge is 2.04. The SMILES string of the molecule is Cc1nc(=S)c(C)c(-c2ccncc2)[nH]1. The van der Waals surface area contributed by atoms with Crippen molar-refractivity contribution in [2.24, 2.45) is 0 Å². The highest BCUT2D eigenvalue weighted by molar-refractivity contribution is 7.71. The Morgan fingerprint density at radius 1 is 1.20 bits per heavy atom. The van der Waals surface area contributed by atoms with Gasteiger partial charge in [-0.3, -0.25) is 4.98 Å². The van der Waals surface area contributed by atoms with Crippen LogP contribution in [0.1, 0.15) is 11.4 Å². The van der Waals surface area contributed by atoms with E-state index in [0.717, 1.165) is 22.6 Å². The lowest BCUT2D eigenvalue weighted by Gasteiger charge is -2.06. The van der Waals surface area contributed by atoms with Crippen LogP contribution < -0.4 is 0 Å². The van der Waals surface area contributed by atoms with E-state index >= 15 is 0 Å². The number of rotatable bonds is 1. The molecule has 0 aliphatic heterocycles. The van der Waals surface area contributed by atoms with E-state index in [0.29, 0.717) is 4.64 Å². The number of pyridine rings is 1. The van der Waals surface area contributed by atoms with Gasteiger partial charge in [-0.15, -0.1) is 0 Å². The molecule has 15 heavy (non-hydrogen) atoms. The predicted octanol–water partition coefficient (Wildman–Crippen LogP) is 2.82. The topological polar surface area (TPSA) is 41.6 Å². The van der Waals surface area contributed by atoms with Crippen LogP contribution in [-0.4, -0.2) is 15.0 Å². The molecule has 2 aromatic rings. The Hall–Kier alpha value is -1.55. The minimum Gasteiger partial charge on any atom is -0.343 e. The highest BCUT2D eigenvalue weighted by atomic mass is 32.1. The summed E-state index contributed by atoms with van der Waals surface area (Å²) in [5.41, 5.74) is 3.11. The second kappa shape index (κ2) is 3.90. The molecule has 0 aromatic carbocycles. The molecule has 3 nitrogen and oxygen atoms in total. The fraction of sp³-hybridized carbons (Fsp3) is 0.182. The summed E-state index contributed by atoms with van der Waals surface area (Å²) in [5.74, 6) is 0.831. The number of aromatic amines is 1. The van der Waals surface area contributed by atoms with E-state index in [1.807, 2.05) is 26.0 Å². The standard InChI is InChI=1S/C11H11N3S/c1-7-10(9-3-5-12-6-4-9)13-8(2)14-11(7)15/h3-6H,1-2H3,(H,13,14,15). The minimum absolute atomic E-state index is 0.651. The summed E-state index contributed by atoms with van der Waals surface area (Å²) in [6.45, 7) is 3.88. The van der Waals surface area contributed by atoms with Gasteiger partial charge in [0.25, 0.3) is 0 Å². The van der Waals surface area contributed by atoms with Gasteiger partial charge in [0.15, 0.2) is 0 Å². The smallest absolute Gasteiger partial charge is 0.133 e. The van der Waals surface area contributed by atoms with E-state index in [1.54, 1.807) is 12.4 Å². The maximum atomic E-state index is 5.18. The molecule has 4 heteroatoms. The molecule has 0 saturated carbocycles. The lowest BCUT2D eigenvalue weighted by Crippen LogP contribution is -1.96. The maximum Gasteiger partial charge on any atom is 0.133 e. The molecule has 0 bridgehead atoms. The van der Waals surface area contributed by atoms with Crippen molar-refractivity contribution in [3.63, 3.8) is 0 Å². The molecule has 0 spiro atoms. The molecule has 2 aromatic heterocycles. The van der Waals surface area contributed by atoms with Crippen molar-refractivity contribution in [3.05, 3.63) is 40.6 Å². The number of aromatic nitrogens is 3. The quantitative estimate of drug-likeness (QED) is 0.747. The first-order valence-corrected chi connectivity index (χ1v) is 5.07. The van der Waals surface area contributed by atoms with Crippen LogP contribution in [0.15, 0.2) is 24.5 Å². The molecule has 0 atom stereocenters. The maximum absolute atomic E-state index is 5.18. The van der Waals surface area contributed by atoms with Crippen molar-refractivity contribution in [2.75, 3.05) is 0 Å². The summed E-state index contributed by atoms with van der Waals surface area (Å²) >= 11 is 5.18. The summed E-state index contributed by atoms with van der Waals surface area (Å²) < 4.78 is 0.651. The largest absolute Gasteiger partial charge is 0.343 e. The molecule has 0 unspecified atom stereocenters. The molecular formula is C11H11N3S. The average Bonchev–Trinajstić information content (AvgIpc) is 2.24. The fourth-order valence-electron chi connectivity index (χ4n) is 1.45. The summed E-state index contributed by atoms with van der Waals surface area (Å²) in [5, 5.41) is 0. The molecule has 1 N–H and O–H groups in total. The normalized spacial score (nSPS) is 10.3. The fourth-order valence-corrected chi connectivity index (χ4v) is 1.69. The van der Waals surface area contributed by atoms with Gasteiger partial charge in [-0.25, -0.2) is 4.98 Å². The van der Waals surface area contributed by atoms with Crippen molar-refractivity contribution in [2.45, 2.75) is 13.8 Å². The molecule has 76 valence electrons. The number of nitrogens with one attached hydrogen (secondary N) is 1. The van der Waals surface area contributed by atoms with Crippen LogP contribution in [0.25, 0.3) is 11.3 Å². The molecule has 0 aliphatic carbocycles. The Kier molecular flexibility index (Phi) is 2.60. The van der Waals surface area contributed by atoms with Crippen molar-refractivity contribution in [3.8, 4) is 11.3 Å². The van der Waals surface area contributed by atoms with Gasteiger partial charge < -0.3 is 4.98 Å². The third kappa shape index (κ3) is 1.94. The minimum atomic E-state index is 0.651. The van der Waals surface area contributed by atoms with Gasteiger partial charge in [-0.1, -0.05) is 12.2 Å². The summed E-state index contributed by atoms with van der Waals surface area (Å²) in [4.78, 5) is 11.4. The van der Waals surface area contributed by atoms with Crippen molar-refractivity contribution in [1.82, 2.24) is 15.0 Å². The van der Waals surface area contributed by atoms with Crippen LogP contribution >= 0.6 is 12.2 Å². The summed E-state index contributed by atoms with van der Waals surface area (Å²) in [6, 6.07) is 3.90. The van der Waals surface area contributed by atoms with Crippen molar-refractivity contribution >= 4 is 12.2 Å². The second-order valence-electron chi connectivity index (χ2n) is 3.36. The molecule has 0 saturated heterocycles. The van der Waals surface area contributed by atoms with Crippen LogP contribution in [0, 0.1) is 18.5 Å². The van der Waals surface area contributed by atoms with Gasteiger partial charge in [-0.2, -0.15) is 0 Å². The predicted molar refractivity (Wildman–Crippen MR) is 62.1 cm³/mol. The van der Waals surface area contributed by atoms with Crippen LogP contribution in [0.4, 0.5) is 0 Å². The first-order chi connectivity index (χ1) is 7.18. The lowest BCUT2D eigenvalue weighted by molar-refractivity contribution is 1.02. The van der Waals surface area contributed by atoms with Gasteiger partial charge in [0.05, 0.1) is 5.69 Å². The van der Waals surface area contributed by atoms with Gasteiger partial charge in [0, 0.05) is 23.5 Å². The van der Waals surface area contributed by atoms with Crippen LogP contribution in [0.3, 0.4) is 0 Å².